The second-order valence-corrected chi connectivity index (χ2v) is 6.22. The van der Waals surface area contributed by atoms with Crippen molar-refractivity contribution in [2.75, 3.05) is 11.5 Å². The van der Waals surface area contributed by atoms with Crippen molar-refractivity contribution >= 4 is 46.2 Å². The van der Waals surface area contributed by atoms with E-state index >= 15 is 0 Å². The molecular weight excluding hydrogens is 306 g/mol. The molecule has 86 valence electrons. The fraction of sp³-hybridized carbons (Fsp3) is 0.364. The maximum absolute atomic E-state index is 12.0. The van der Waals surface area contributed by atoms with Crippen molar-refractivity contribution in [2.24, 2.45) is 0 Å². The summed E-state index contributed by atoms with van der Waals surface area (Å²) in [6.45, 7) is 0. The van der Waals surface area contributed by atoms with Crippen LogP contribution in [0.3, 0.4) is 0 Å². The number of rotatable bonds is 2. The largest absolute Gasteiger partial charge is 0.348 e. The average Bonchev–Trinajstić information content (AvgIpc) is 2.74. The molecule has 1 aromatic carbocycles. The first-order valence-corrected chi connectivity index (χ1v) is 7.43. The molecule has 1 fully saturated rings. The zero-order valence-electron chi connectivity index (χ0n) is 8.57. The van der Waals surface area contributed by atoms with Crippen LogP contribution in [-0.2, 0) is 0 Å². The molecule has 0 radical (unpaired) electrons. The van der Waals surface area contributed by atoms with Crippen LogP contribution in [0.5, 0.6) is 0 Å². The number of halogens is 1. The zero-order valence-corrected chi connectivity index (χ0v) is 11.9. The molecule has 0 aromatic heterocycles. The number of thioether (sulfide) groups is 1. The maximum Gasteiger partial charge on any atom is 0.252 e. The number of benzene rings is 1. The second kappa shape index (κ2) is 5.47. The van der Waals surface area contributed by atoms with Gasteiger partial charge in [-0.3, -0.25) is 4.79 Å². The van der Waals surface area contributed by atoms with Crippen LogP contribution in [0.15, 0.2) is 27.6 Å². The first-order chi connectivity index (χ1) is 7.66. The minimum Gasteiger partial charge on any atom is -0.348 e. The molecule has 0 bridgehead atoms. The summed E-state index contributed by atoms with van der Waals surface area (Å²) in [4.78, 5) is 12.8. The molecule has 1 saturated heterocycles. The molecule has 1 amide bonds. The van der Waals surface area contributed by atoms with Crippen molar-refractivity contribution in [3.8, 4) is 0 Å². The van der Waals surface area contributed by atoms with Crippen molar-refractivity contribution < 1.29 is 4.79 Å². The highest BCUT2D eigenvalue weighted by Crippen LogP contribution is 2.22. The number of hydrogen-bond acceptors (Lipinski definition) is 3. The fourth-order valence-corrected chi connectivity index (χ4v) is 3.38. The van der Waals surface area contributed by atoms with Crippen molar-refractivity contribution in [2.45, 2.75) is 17.4 Å². The van der Waals surface area contributed by atoms with E-state index in [1.165, 1.54) is 0 Å². The van der Waals surface area contributed by atoms with E-state index in [-0.39, 0.29) is 5.91 Å². The summed E-state index contributed by atoms with van der Waals surface area (Å²) < 4.78 is 0.813. The number of carbonyl (C=O) groups is 1. The normalized spacial score (nSPS) is 19.8. The lowest BCUT2D eigenvalue weighted by Crippen LogP contribution is -2.34. The Morgan fingerprint density at radius 3 is 3.06 bits per heavy atom. The Balaban J connectivity index is 2.10. The summed E-state index contributed by atoms with van der Waals surface area (Å²) in [6, 6.07) is 5.80. The molecule has 2 rings (SSSR count). The van der Waals surface area contributed by atoms with Crippen molar-refractivity contribution in [1.29, 1.82) is 0 Å². The lowest BCUT2D eigenvalue weighted by Gasteiger charge is -2.12. The van der Waals surface area contributed by atoms with Gasteiger partial charge in [0.05, 0.1) is 5.56 Å². The van der Waals surface area contributed by atoms with Gasteiger partial charge in [0, 0.05) is 21.2 Å². The highest BCUT2D eigenvalue weighted by atomic mass is 79.9. The molecule has 1 atom stereocenters. The van der Waals surface area contributed by atoms with E-state index in [9.17, 15) is 4.79 Å². The van der Waals surface area contributed by atoms with Crippen molar-refractivity contribution in [3.05, 3.63) is 28.2 Å². The molecule has 16 heavy (non-hydrogen) atoms. The molecule has 1 aromatic rings. The van der Waals surface area contributed by atoms with Crippen LogP contribution < -0.4 is 5.32 Å². The summed E-state index contributed by atoms with van der Waals surface area (Å²) >= 11 is 9.51. The summed E-state index contributed by atoms with van der Waals surface area (Å²) in [5.74, 6) is 2.14. The Hall–Kier alpha value is -0.130. The van der Waals surface area contributed by atoms with E-state index < -0.39 is 0 Å². The first kappa shape index (κ1) is 12.3. The van der Waals surface area contributed by atoms with Crippen LogP contribution in [0.2, 0.25) is 0 Å². The topological polar surface area (TPSA) is 29.1 Å². The van der Waals surface area contributed by atoms with E-state index in [0.717, 1.165) is 27.3 Å². The molecule has 0 saturated carbocycles. The third-order valence-electron chi connectivity index (χ3n) is 2.46. The van der Waals surface area contributed by atoms with Gasteiger partial charge in [-0.25, -0.2) is 0 Å². The lowest BCUT2D eigenvalue weighted by atomic mass is 10.2. The maximum atomic E-state index is 12.0. The number of carbonyl (C=O) groups excluding carboxylic acids is 1. The molecule has 2 nitrogen and oxygen atoms in total. The van der Waals surface area contributed by atoms with Crippen LogP contribution in [0.1, 0.15) is 16.8 Å². The summed E-state index contributed by atoms with van der Waals surface area (Å²) in [7, 11) is 0. The predicted octanol–water partition coefficient (Wildman–Crippen LogP) is 2.97. The van der Waals surface area contributed by atoms with Gasteiger partial charge in [-0.2, -0.15) is 11.8 Å². The second-order valence-electron chi connectivity index (χ2n) is 3.70. The number of hydrogen-bond donors (Lipinski definition) is 2. The van der Waals surface area contributed by atoms with Gasteiger partial charge in [-0.15, -0.1) is 12.6 Å². The Kier molecular flexibility index (Phi) is 4.21. The third kappa shape index (κ3) is 2.96. The Labute approximate surface area is 113 Å². The van der Waals surface area contributed by atoms with E-state index in [1.807, 2.05) is 23.9 Å². The molecule has 0 spiro atoms. The smallest absolute Gasteiger partial charge is 0.252 e. The van der Waals surface area contributed by atoms with Gasteiger partial charge in [0.2, 0.25) is 0 Å². The minimum absolute atomic E-state index is 0.0183. The van der Waals surface area contributed by atoms with Gasteiger partial charge in [0.25, 0.3) is 5.91 Å². The molecule has 1 aliphatic rings. The molecular formula is C11H12BrNOS2. The number of nitrogens with one attached hydrogen (secondary N) is 1. The van der Waals surface area contributed by atoms with Gasteiger partial charge in [0.15, 0.2) is 0 Å². The summed E-state index contributed by atoms with van der Waals surface area (Å²) in [5.41, 5.74) is 0.657. The highest BCUT2D eigenvalue weighted by Gasteiger charge is 2.19. The van der Waals surface area contributed by atoms with Gasteiger partial charge in [0.1, 0.15) is 0 Å². The van der Waals surface area contributed by atoms with E-state index in [4.69, 9.17) is 0 Å². The fourth-order valence-electron chi connectivity index (χ4n) is 1.60. The molecule has 1 heterocycles. The SMILES string of the molecule is O=C(NC1CCSC1)c1cc(S)ccc1Br. The highest BCUT2D eigenvalue weighted by molar-refractivity contribution is 9.10. The minimum atomic E-state index is -0.0183. The van der Waals surface area contributed by atoms with Crippen LogP contribution in [-0.4, -0.2) is 23.5 Å². The van der Waals surface area contributed by atoms with Crippen LogP contribution in [0.4, 0.5) is 0 Å². The zero-order chi connectivity index (χ0) is 11.5. The van der Waals surface area contributed by atoms with E-state index in [2.05, 4.69) is 33.9 Å². The van der Waals surface area contributed by atoms with Crippen molar-refractivity contribution in [3.63, 3.8) is 0 Å². The van der Waals surface area contributed by atoms with Crippen molar-refractivity contribution in [1.82, 2.24) is 5.32 Å². The van der Waals surface area contributed by atoms with E-state index in [1.54, 1.807) is 6.07 Å². The molecule has 1 N–H and O–H groups in total. The molecule has 1 unspecified atom stereocenters. The average molecular weight is 318 g/mol. The van der Waals surface area contributed by atoms with Gasteiger partial charge in [-0.1, -0.05) is 0 Å². The first-order valence-electron chi connectivity index (χ1n) is 5.04. The predicted molar refractivity (Wildman–Crippen MR) is 74.6 cm³/mol. The van der Waals surface area contributed by atoms with Gasteiger partial charge < -0.3 is 5.32 Å². The monoisotopic (exact) mass is 317 g/mol. The van der Waals surface area contributed by atoms with E-state index in [0.29, 0.717) is 11.6 Å². The standard InChI is InChI=1S/C11H12BrNOS2/c12-10-2-1-8(15)5-9(10)11(14)13-7-3-4-16-6-7/h1-2,5,7,15H,3-4,6H2,(H,13,14). The van der Waals surface area contributed by atoms with Crippen LogP contribution in [0.25, 0.3) is 0 Å². The third-order valence-corrected chi connectivity index (χ3v) is 4.59. The van der Waals surface area contributed by atoms with Gasteiger partial charge >= 0.3 is 0 Å². The Morgan fingerprint density at radius 1 is 1.56 bits per heavy atom. The lowest BCUT2D eigenvalue weighted by molar-refractivity contribution is 0.0940. The molecule has 5 heteroatoms. The van der Waals surface area contributed by atoms with Crippen LogP contribution >= 0.6 is 40.3 Å². The van der Waals surface area contributed by atoms with Crippen LogP contribution in [0, 0.1) is 0 Å². The number of thiol groups is 1. The summed E-state index contributed by atoms with van der Waals surface area (Å²) in [6.07, 6.45) is 1.06. The molecule has 1 aliphatic heterocycles. The Morgan fingerprint density at radius 2 is 2.38 bits per heavy atom. The summed E-state index contributed by atoms with van der Waals surface area (Å²) in [5, 5.41) is 3.04. The number of amides is 1. The molecule has 0 aliphatic carbocycles. The quantitative estimate of drug-likeness (QED) is 0.821. The van der Waals surface area contributed by atoms with Gasteiger partial charge in [-0.05, 0) is 46.3 Å². The Bertz CT molecular complexity index is 405.